The molecule has 124 valence electrons. The molecule has 0 aliphatic carbocycles. The average Bonchev–Trinajstić information content (AvgIpc) is 2.97. The van der Waals surface area contributed by atoms with Gasteiger partial charge >= 0.3 is 5.97 Å². The van der Waals surface area contributed by atoms with Gasteiger partial charge in [-0.25, -0.2) is 0 Å². The highest BCUT2D eigenvalue weighted by Crippen LogP contribution is 2.28. The van der Waals surface area contributed by atoms with Crippen LogP contribution in [0.3, 0.4) is 0 Å². The lowest BCUT2D eigenvalue weighted by Gasteiger charge is -2.14. The zero-order valence-electron chi connectivity index (χ0n) is 13.4. The summed E-state index contributed by atoms with van der Waals surface area (Å²) in [6, 6.07) is 12.8. The minimum absolute atomic E-state index is 0.133. The minimum Gasteiger partial charge on any atom is -0.497 e. The second-order valence-electron chi connectivity index (χ2n) is 5.45. The first-order valence-electron chi connectivity index (χ1n) is 7.56. The lowest BCUT2D eigenvalue weighted by Crippen LogP contribution is -2.11. The van der Waals surface area contributed by atoms with Crippen molar-refractivity contribution >= 4 is 28.5 Å². The monoisotopic (exact) mass is 344 g/mol. The first kappa shape index (κ1) is 16.4. The van der Waals surface area contributed by atoms with Gasteiger partial charge in [0.05, 0.1) is 19.8 Å². The van der Waals surface area contributed by atoms with Crippen molar-refractivity contribution in [1.29, 1.82) is 0 Å². The Balaban J connectivity index is 1.72. The summed E-state index contributed by atoms with van der Waals surface area (Å²) in [5.74, 6) is 0.374. The van der Waals surface area contributed by atoms with Gasteiger partial charge in [0.1, 0.15) is 17.4 Å². The topological polar surface area (TPSA) is 48.7 Å². The SMILES string of the molecule is COc1ccc2c(CC(=O)O[C@H](C)c3ccccc3Cl)coc2c1. The highest BCUT2D eigenvalue weighted by molar-refractivity contribution is 6.31. The molecule has 0 fully saturated rings. The van der Waals surface area contributed by atoms with E-state index >= 15 is 0 Å². The van der Waals surface area contributed by atoms with Crippen molar-refractivity contribution in [2.24, 2.45) is 0 Å². The van der Waals surface area contributed by atoms with E-state index < -0.39 is 6.10 Å². The summed E-state index contributed by atoms with van der Waals surface area (Å²) in [7, 11) is 1.60. The highest BCUT2D eigenvalue weighted by atomic mass is 35.5. The number of ether oxygens (including phenoxy) is 2. The minimum atomic E-state index is -0.413. The number of rotatable bonds is 5. The molecule has 24 heavy (non-hydrogen) atoms. The van der Waals surface area contributed by atoms with Crippen LogP contribution in [0, 0.1) is 0 Å². The number of benzene rings is 2. The van der Waals surface area contributed by atoms with Crippen molar-refractivity contribution in [3.63, 3.8) is 0 Å². The number of methoxy groups -OCH3 is 1. The van der Waals surface area contributed by atoms with E-state index in [1.54, 1.807) is 32.4 Å². The predicted octanol–water partition coefficient (Wildman–Crippen LogP) is 4.94. The van der Waals surface area contributed by atoms with Crippen LogP contribution >= 0.6 is 11.6 Å². The lowest BCUT2D eigenvalue weighted by molar-refractivity contribution is -0.147. The van der Waals surface area contributed by atoms with Crippen LogP contribution in [0.1, 0.15) is 24.2 Å². The van der Waals surface area contributed by atoms with E-state index in [0.29, 0.717) is 16.4 Å². The van der Waals surface area contributed by atoms with Gasteiger partial charge in [-0.1, -0.05) is 29.8 Å². The molecule has 0 saturated carbocycles. The van der Waals surface area contributed by atoms with Crippen molar-refractivity contribution in [3.05, 3.63) is 64.9 Å². The molecule has 1 aromatic heterocycles. The molecular formula is C19H17ClO4. The van der Waals surface area contributed by atoms with Crippen LogP contribution in [0.2, 0.25) is 5.02 Å². The van der Waals surface area contributed by atoms with Crippen molar-refractivity contribution in [3.8, 4) is 5.75 Å². The van der Waals surface area contributed by atoms with Crippen LogP contribution in [-0.2, 0) is 16.0 Å². The van der Waals surface area contributed by atoms with Crippen molar-refractivity contribution in [1.82, 2.24) is 0 Å². The molecule has 0 aliphatic heterocycles. The highest BCUT2D eigenvalue weighted by Gasteiger charge is 2.17. The quantitative estimate of drug-likeness (QED) is 0.615. The number of hydrogen-bond donors (Lipinski definition) is 0. The number of carbonyl (C=O) groups is 1. The van der Waals surface area contributed by atoms with Gasteiger partial charge in [-0.2, -0.15) is 0 Å². The van der Waals surface area contributed by atoms with Crippen molar-refractivity contribution < 1.29 is 18.7 Å². The molecule has 1 atom stereocenters. The number of halogens is 1. The average molecular weight is 345 g/mol. The van der Waals surface area contributed by atoms with Crippen molar-refractivity contribution in [2.45, 2.75) is 19.4 Å². The second-order valence-corrected chi connectivity index (χ2v) is 5.86. The molecule has 1 heterocycles. The van der Waals surface area contributed by atoms with Crippen LogP contribution < -0.4 is 4.74 Å². The standard InChI is InChI=1S/C19H17ClO4/c1-12(15-5-3-4-6-17(15)20)24-19(21)9-13-11-23-18-10-14(22-2)7-8-16(13)18/h3-8,10-12H,9H2,1-2H3/t12-/m1/s1. The molecule has 3 rings (SSSR count). The molecule has 0 amide bonds. The third kappa shape index (κ3) is 3.39. The molecule has 2 aromatic carbocycles. The Morgan fingerprint density at radius 3 is 2.79 bits per heavy atom. The fourth-order valence-electron chi connectivity index (χ4n) is 2.59. The summed E-state index contributed by atoms with van der Waals surface area (Å²) < 4.78 is 16.1. The Labute approximate surface area is 144 Å². The summed E-state index contributed by atoms with van der Waals surface area (Å²) in [5.41, 5.74) is 2.25. The Hall–Kier alpha value is -2.46. The van der Waals surface area contributed by atoms with E-state index in [4.69, 9.17) is 25.5 Å². The normalized spacial score (nSPS) is 12.1. The molecule has 4 nitrogen and oxygen atoms in total. The predicted molar refractivity (Wildman–Crippen MR) is 92.4 cm³/mol. The van der Waals surface area contributed by atoms with Gasteiger partial charge in [0.15, 0.2) is 0 Å². The van der Waals surface area contributed by atoms with Gasteiger partial charge in [0.25, 0.3) is 0 Å². The molecule has 0 aliphatic rings. The number of carbonyl (C=O) groups excluding carboxylic acids is 1. The van der Waals surface area contributed by atoms with Gasteiger partial charge in [0.2, 0.25) is 0 Å². The number of esters is 1. The molecule has 5 heteroatoms. The Morgan fingerprint density at radius 2 is 2.04 bits per heavy atom. The van der Waals surface area contributed by atoms with E-state index in [-0.39, 0.29) is 12.4 Å². The van der Waals surface area contributed by atoms with Gasteiger partial charge < -0.3 is 13.9 Å². The zero-order valence-corrected chi connectivity index (χ0v) is 14.2. The fraction of sp³-hybridized carbons (Fsp3) is 0.211. The van der Waals surface area contributed by atoms with Crippen LogP contribution in [-0.4, -0.2) is 13.1 Å². The van der Waals surface area contributed by atoms with Crippen LogP contribution in [0.4, 0.5) is 0 Å². The lowest BCUT2D eigenvalue weighted by atomic mass is 10.1. The number of hydrogen-bond acceptors (Lipinski definition) is 4. The van der Waals surface area contributed by atoms with E-state index in [1.165, 1.54) is 0 Å². The summed E-state index contributed by atoms with van der Waals surface area (Å²) in [6.07, 6.45) is 1.30. The Kier molecular flexibility index (Phi) is 4.76. The molecule has 0 radical (unpaired) electrons. The van der Waals surface area contributed by atoms with Gasteiger partial charge in [0, 0.05) is 27.6 Å². The van der Waals surface area contributed by atoms with Crippen LogP contribution in [0.15, 0.2) is 53.1 Å². The first-order chi connectivity index (χ1) is 11.6. The first-order valence-corrected chi connectivity index (χ1v) is 7.94. The number of furan rings is 1. The van der Waals surface area contributed by atoms with Crippen molar-refractivity contribution in [2.75, 3.05) is 7.11 Å². The smallest absolute Gasteiger partial charge is 0.311 e. The Bertz CT molecular complexity index is 869. The largest absolute Gasteiger partial charge is 0.497 e. The third-order valence-electron chi connectivity index (χ3n) is 3.85. The molecule has 0 unspecified atom stereocenters. The molecule has 3 aromatic rings. The van der Waals surface area contributed by atoms with E-state index in [9.17, 15) is 4.79 Å². The molecule has 0 saturated heterocycles. The second kappa shape index (κ2) is 6.97. The maximum Gasteiger partial charge on any atom is 0.311 e. The number of fused-ring (bicyclic) bond motifs is 1. The van der Waals surface area contributed by atoms with Crippen LogP contribution in [0.25, 0.3) is 11.0 Å². The maximum atomic E-state index is 12.2. The third-order valence-corrected chi connectivity index (χ3v) is 4.19. The van der Waals surface area contributed by atoms with E-state index in [1.807, 2.05) is 30.3 Å². The summed E-state index contributed by atoms with van der Waals surface area (Å²) in [5, 5.41) is 1.46. The Morgan fingerprint density at radius 1 is 1.25 bits per heavy atom. The van der Waals surface area contributed by atoms with E-state index in [0.717, 1.165) is 16.5 Å². The zero-order chi connectivity index (χ0) is 17.1. The molecular weight excluding hydrogens is 328 g/mol. The summed E-state index contributed by atoms with van der Waals surface area (Å²) >= 11 is 6.13. The maximum absolute atomic E-state index is 12.2. The fourth-order valence-corrected chi connectivity index (χ4v) is 2.88. The summed E-state index contributed by atoms with van der Waals surface area (Å²) in [6.45, 7) is 1.80. The molecule has 0 bridgehead atoms. The van der Waals surface area contributed by atoms with Gasteiger partial charge in [-0.15, -0.1) is 0 Å². The molecule has 0 spiro atoms. The summed E-state index contributed by atoms with van der Waals surface area (Å²) in [4.78, 5) is 12.2. The molecule has 0 N–H and O–H groups in total. The van der Waals surface area contributed by atoms with Crippen LogP contribution in [0.5, 0.6) is 5.75 Å². The van der Waals surface area contributed by atoms with Gasteiger partial charge in [-0.05, 0) is 25.1 Å². The van der Waals surface area contributed by atoms with E-state index in [2.05, 4.69) is 0 Å². The van der Waals surface area contributed by atoms with Gasteiger partial charge in [-0.3, -0.25) is 4.79 Å².